The average Bonchev–Trinajstić information content (AvgIpc) is 2.26. The summed E-state index contributed by atoms with van der Waals surface area (Å²) in [5, 5.41) is 0. The van der Waals surface area contributed by atoms with Crippen molar-refractivity contribution in [2.24, 2.45) is 0 Å². The Hall–Kier alpha value is -0.740. The first-order chi connectivity index (χ1) is 8.45. The maximum absolute atomic E-state index is 12.6. The largest absolute Gasteiger partial charge is 0.422 e. The van der Waals surface area contributed by atoms with Gasteiger partial charge in [-0.15, -0.1) is 0 Å². The molecule has 0 saturated carbocycles. The minimum Gasteiger partial charge on any atom is -0.363 e. The molecule has 0 spiro atoms. The fourth-order valence-electron chi connectivity index (χ4n) is 1.01. The van der Waals surface area contributed by atoms with Crippen LogP contribution in [-0.4, -0.2) is 50.3 Å². The van der Waals surface area contributed by atoms with Gasteiger partial charge in [0.15, 0.2) is 0 Å². The van der Waals surface area contributed by atoms with Crippen LogP contribution in [0.25, 0.3) is 0 Å². The highest BCUT2D eigenvalue weighted by Gasteiger charge is 2.51. The van der Waals surface area contributed by atoms with Crippen LogP contribution in [0.1, 0.15) is 0 Å². The number of hydrogen-bond acceptors (Lipinski definition) is 1. The zero-order valence-electron chi connectivity index (χ0n) is 8.91. The van der Waals surface area contributed by atoms with E-state index in [-0.39, 0.29) is 0 Å². The molecule has 0 aromatic rings. The molecule has 11 heteroatoms. The van der Waals surface area contributed by atoms with E-state index in [1.165, 1.54) is 0 Å². The summed E-state index contributed by atoms with van der Waals surface area (Å²) in [5.74, 6) is 0. The van der Waals surface area contributed by atoms with Crippen molar-refractivity contribution in [1.29, 1.82) is 0 Å². The summed E-state index contributed by atoms with van der Waals surface area (Å²) >= 11 is 0. The minimum absolute atomic E-state index is 2.19. The molecule has 19 heavy (non-hydrogen) atoms. The van der Waals surface area contributed by atoms with E-state index in [1.54, 1.807) is 0 Å². The lowest BCUT2D eigenvalue weighted by Gasteiger charge is -2.27. The second-order valence-corrected chi connectivity index (χ2v) is 3.41. The van der Waals surface area contributed by atoms with Gasteiger partial charge < -0.3 is 4.74 Å². The number of halogens is 10. The molecule has 4 atom stereocenters. The Morgan fingerprint density at radius 1 is 0.684 bits per heavy atom. The monoisotopic (exact) mass is 310 g/mol. The third kappa shape index (κ3) is 5.41. The Labute approximate surface area is 100 Å². The van der Waals surface area contributed by atoms with E-state index < -0.39 is 50.3 Å². The number of alkyl halides is 10. The van der Waals surface area contributed by atoms with Gasteiger partial charge >= 0.3 is 12.4 Å². The van der Waals surface area contributed by atoms with E-state index in [0.717, 1.165) is 0 Å². The van der Waals surface area contributed by atoms with E-state index in [2.05, 4.69) is 4.74 Å². The molecule has 0 saturated heterocycles. The molecule has 0 N–H and O–H groups in total. The molecule has 1 nitrogen and oxygen atoms in total. The van der Waals surface area contributed by atoms with Gasteiger partial charge in [-0.05, 0) is 0 Å². The van der Waals surface area contributed by atoms with Crippen molar-refractivity contribution in [3.8, 4) is 0 Å². The third-order valence-corrected chi connectivity index (χ3v) is 1.93. The van der Waals surface area contributed by atoms with Gasteiger partial charge in [0.05, 0.1) is 0 Å². The van der Waals surface area contributed by atoms with Gasteiger partial charge in [-0.2, -0.15) is 26.3 Å². The quantitative estimate of drug-likeness (QED) is 0.683. The van der Waals surface area contributed by atoms with Crippen molar-refractivity contribution >= 4 is 0 Å². The van der Waals surface area contributed by atoms with Crippen LogP contribution in [-0.2, 0) is 4.74 Å². The highest BCUT2D eigenvalue weighted by Crippen LogP contribution is 2.31. The molecule has 0 fully saturated rings. The standard InChI is InChI=1S/C8H8F10O/c9-1-3(5(11)7(13,14)15)19-4(2-10)6(12)8(16,17)18/h3-6H,1-2H2. The maximum atomic E-state index is 12.6. The molecule has 0 radical (unpaired) electrons. The summed E-state index contributed by atoms with van der Waals surface area (Å²) in [6, 6.07) is 0. The normalized spacial score (nSPS) is 19.9. The summed E-state index contributed by atoms with van der Waals surface area (Å²) in [7, 11) is 0. The van der Waals surface area contributed by atoms with Crippen LogP contribution in [0.3, 0.4) is 0 Å². The Kier molecular flexibility index (Phi) is 6.36. The lowest BCUT2D eigenvalue weighted by molar-refractivity contribution is -0.250. The average molecular weight is 310 g/mol. The fraction of sp³-hybridized carbons (Fsp3) is 1.00. The molecule has 0 amide bonds. The first-order valence-electron chi connectivity index (χ1n) is 4.64. The molecule has 0 bridgehead atoms. The van der Waals surface area contributed by atoms with Crippen LogP contribution in [0.5, 0.6) is 0 Å². The molecule has 0 rings (SSSR count). The first kappa shape index (κ1) is 18.3. The van der Waals surface area contributed by atoms with E-state index >= 15 is 0 Å². The van der Waals surface area contributed by atoms with Crippen LogP contribution in [0.2, 0.25) is 0 Å². The predicted octanol–water partition coefficient (Wildman–Crippen LogP) is 3.48. The Morgan fingerprint density at radius 3 is 1.11 bits per heavy atom. The predicted molar refractivity (Wildman–Crippen MR) is 42.5 cm³/mol. The number of rotatable bonds is 6. The van der Waals surface area contributed by atoms with Crippen molar-refractivity contribution in [3.63, 3.8) is 0 Å². The SMILES string of the molecule is FCC(OC(CF)C(F)C(F)(F)F)C(F)C(F)(F)F. The molecule has 0 aliphatic rings. The van der Waals surface area contributed by atoms with E-state index in [4.69, 9.17) is 0 Å². The Balaban J connectivity index is 4.84. The fourth-order valence-corrected chi connectivity index (χ4v) is 1.01. The van der Waals surface area contributed by atoms with Gasteiger partial charge in [-0.1, -0.05) is 0 Å². The van der Waals surface area contributed by atoms with Crippen LogP contribution in [0.15, 0.2) is 0 Å². The zero-order valence-corrected chi connectivity index (χ0v) is 8.91. The molecule has 116 valence electrons. The van der Waals surface area contributed by atoms with Crippen molar-refractivity contribution in [3.05, 3.63) is 0 Å². The summed E-state index contributed by atoms with van der Waals surface area (Å²) in [5.41, 5.74) is 0. The number of hydrogen-bond donors (Lipinski definition) is 0. The van der Waals surface area contributed by atoms with Gasteiger partial charge in [0.25, 0.3) is 0 Å². The van der Waals surface area contributed by atoms with Crippen LogP contribution >= 0.6 is 0 Å². The van der Waals surface area contributed by atoms with E-state index in [9.17, 15) is 43.9 Å². The summed E-state index contributed by atoms with van der Waals surface area (Å²) in [6.45, 7) is -4.39. The Morgan fingerprint density at radius 2 is 0.947 bits per heavy atom. The smallest absolute Gasteiger partial charge is 0.363 e. The lowest BCUT2D eigenvalue weighted by atomic mass is 10.2. The molecule has 0 aromatic heterocycles. The lowest BCUT2D eigenvalue weighted by Crippen LogP contribution is -2.47. The molecular formula is C8H8F10O. The topological polar surface area (TPSA) is 9.23 Å². The molecular weight excluding hydrogens is 302 g/mol. The van der Waals surface area contributed by atoms with E-state index in [0.29, 0.717) is 0 Å². The van der Waals surface area contributed by atoms with Gasteiger partial charge in [0, 0.05) is 0 Å². The third-order valence-electron chi connectivity index (χ3n) is 1.93. The number of ether oxygens (including phenoxy) is 1. The maximum Gasteiger partial charge on any atom is 0.422 e. The van der Waals surface area contributed by atoms with E-state index in [1.807, 2.05) is 0 Å². The van der Waals surface area contributed by atoms with Crippen molar-refractivity contribution in [2.45, 2.75) is 36.9 Å². The zero-order chi connectivity index (χ0) is 15.4. The van der Waals surface area contributed by atoms with Gasteiger partial charge in [-0.3, -0.25) is 0 Å². The summed E-state index contributed by atoms with van der Waals surface area (Å²) in [6.07, 6.45) is -25.4. The summed E-state index contributed by atoms with van der Waals surface area (Å²) < 4.78 is 124. The van der Waals surface area contributed by atoms with Crippen molar-refractivity contribution < 1.29 is 48.6 Å². The van der Waals surface area contributed by atoms with Crippen LogP contribution in [0.4, 0.5) is 43.9 Å². The highest BCUT2D eigenvalue weighted by molar-refractivity contribution is 4.82. The molecule has 0 aliphatic heterocycles. The molecule has 0 aliphatic carbocycles. The van der Waals surface area contributed by atoms with Crippen LogP contribution in [0, 0.1) is 0 Å². The van der Waals surface area contributed by atoms with Gasteiger partial charge in [-0.25, -0.2) is 17.6 Å². The molecule has 0 heterocycles. The summed E-state index contributed by atoms with van der Waals surface area (Å²) in [4.78, 5) is 0. The van der Waals surface area contributed by atoms with Crippen molar-refractivity contribution in [1.82, 2.24) is 0 Å². The van der Waals surface area contributed by atoms with Crippen LogP contribution < -0.4 is 0 Å². The van der Waals surface area contributed by atoms with Gasteiger partial charge in [0.2, 0.25) is 12.3 Å². The van der Waals surface area contributed by atoms with Crippen molar-refractivity contribution in [2.75, 3.05) is 13.3 Å². The van der Waals surface area contributed by atoms with Gasteiger partial charge in [0.1, 0.15) is 25.6 Å². The first-order valence-corrected chi connectivity index (χ1v) is 4.64. The minimum atomic E-state index is -5.62. The molecule has 0 aromatic carbocycles. The molecule has 4 unspecified atom stereocenters. The second kappa shape index (κ2) is 6.62. The highest BCUT2D eigenvalue weighted by atomic mass is 19.4. The Bertz CT molecular complexity index is 235. The second-order valence-electron chi connectivity index (χ2n) is 3.41.